The second kappa shape index (κ2) is 5.20. The van der Waals surface area contributed by atoms with Gasteiger partial charge >= 0.3 is 5.97 Å². The van der Waals surface area contributed by atoms with Crippen molar-refractivity contribution in [3.8, 4) is 17.2 Å². The summed E-state index contributed by atoms with van der Waals surface area (Å²) in [4.78, 5) is 22.7. The maximum atomic E-state index is 11.5. The zero-order valence-corrected chi connectivity index (χ0v) is 9.39. The monoisotopic (exact) mass is 240 g/mol. The van der Waals surface area contributed by atoms with E-state index in [-0.39, 0.29) is 23.7 Å². The van der Waals surface area contributed by atoms with Crippen LogP contribution in [0.2, 0.25) is 0 Å². The largest absolute Gasteiger partial charge is 0.507 e. The van der Waals surface area contributed by atoms with Gasteiger partial charge in [0.25, 0.3) is 5.78 Å². The van der Waals surface area contributed by atoms with E-state index in [1.54, 1.807) is 6.92 Å². The Morgan fingerprint density at radius 3 is 2.41 bits per heavy atom. The fraction of sp³-hybridized carbons (Fsp3) is 0.273. The first kappa shape index (κ1) is 12.8. The van der Waals surface area contributed by atoms with E-state index in [0.29, 0.717) is 0 Å². The van der Waals surface area contributed by atoms with Crippen molar-refractivity contribution in [3.05, 3.63) is 17.7 Å². The maximum Gasteiger partial charge on any atom is 0.379 e. The summed E-state index contributed by atoms with van der Waals surface area (Å²) in [6.07, 6.45) is 0. The first-order chi connectivity index (χ1) is 8.01. The molecule has 0 aliphatic rings. The van der Waals surface area contributed by atoms with Crippen LogP contribution in [0.5, 0.6) is 17.2 Å². The number of esters is 1. The smallest absolute Gasteiger partial charge is 0.379 e. The minimum atomic E-state index is -1.09. The quantitative estimate of drug-likeness (QED) is 0.351. The van der Waals surface area contributed by atoms with Crippen molar-refractivity contribution in [1.29, 1.82) is 0 Å². The third-order valence-electron chi connectivity index (χ3n) is 2.00. The van der Waals surface area contributed by atoms with Crippen LogP contribution in [0.4, 0.5) is 0 Å². The zero-order valence-electron chi connectivity index (χ0n) is 9.39. The van der Waals surface area contributed by atoms with Crippen molar-refractivity contribution in [1.82, 2.24) is 0 Å². The molecule has 1 aromatic rings. The number of ether oxygens (including phenoxy) is 2. The van der Waals surface area contributed by atoms with Gasteiger partial charge < -0.3 is 19.7 Å². The molecule has 0 spiro atoms. The van der Waals surface area contributed by atoms with Crippen LogP contribution in [0.1, 0.15) is 17.3 Å². The number of methoxy groups -OCH3 is 1. The molecule has 0 atom stereocenters. The number of phenolic OH excluding ortho intramolecular Hbond substituents is 2. The predicted octanol–water partition coefficient (Wildman–Crippen LogP) is 0.852. The Bertz CT molecular complexity index is 452. The molecule has 6 heteroatoms. The summed E-state index contributed by atoms with van der Waals surface area (Å²) < 4.78 is 9.23. The van der Waals surface area contributed by atoms with Crippen LogP contribution >= 0.6 is 0 Å². The van der Waals surface area contributed by atoms with Gasteiger partial charge in [-0.3, -0.25) is 4.79 Å². The number of carbonyl (C=O) groups is 2. The van der Waals surface area contributed by atoms with Gasteiger partial charge in [0.1, 0.15) is 5.75 Å². The Kier molecular flexibility index (Phi) is 3.92. The Morgan fingerprint density at radius 2 is 1.88 bits per heavy atom. The number of rotatable bonds is 4. The molecule has 17 heavy (non-hydrogen) atoms. The van der Waals surface area contributed by atoms with Gasteiger partial charge in [0.05, 0.1) is 19.3 Å². The Balaban J connectivity index is 3.11. The minimum Gasteiger partial charge on any atom is -0.507 e. The highest BCUT2D eigenvalue weighted by molar-refractivity contribution is 6.41. The van der Waals surface area contributed by atoms with Crippen molar-refractivity contribution in [2.45, 2.75) is 6.92 Å². The van der Waals surface area contributed by atoms with Crippen molar-refractivity contribution in [3.63, 3.8) is 0 Å². The molecule has 0 aliphatic carbocycles. The van der Waals surface area contributed by atoms with Crippen LogP contribution in [-0.4, -0.2) is 35.7 Å². The summed E-state index contributed by atoms with van der Waals surface area (Å²) in [6, 6.07) is 2.00. The lowest BCUT2D eigenvalue weighted by molar-refractivity contribution is -0.137. The highest BCUT2D eigenvalue weighted by atomic mass is 16.5. The number of carbonyl (C=O) groups excluding carboxylic acids is 2. The van der Waals surface area contributed by atoms with Gasteiger partial charge in [0, 0.05) is 6.07 Å². The molecule has 6 nitrogen and oxygen atoms in total. The standard InChI is InChI=1S/C11H12O6/c1-3-17-11(15)10(14)6-4-8(13)9(16-2)5-7(6)12/h4-5,12-13H,3H2,1-2H3. The average Bonchev–Trinajstić information content (AvgIpc) is 2.31. The van der Waals surface area contributed by atoms with Crippen molar-refractivity contribution in [2.75, 3.05) is 13.7 Å². The number of aromatic hydroxyl groups is 2. The van der Waals surface area contributed by atoms with Gasteiger partial charge in [-0.2, -0.15) is 0 Å². The lowest BCUT2D eigenvalue weighted by Crippen LogP contribution is -2.17. The Labute approximate surface area is 97.4 Å². The molecule has 0 amide bonds. The summed E-state index contributed by atoms with van der Waals surface area (Å²) >= 11 is 0. The molecule has 92 valence electrons. The molecule has 0 bridgehead atoms. The van der Waals surface area contributed by atoms with E-state index in [0.717, 1.165) is 12.1 Å². The van der Waals surface area contributed by atoms with Gasteiger partial charge in [0.2, 0.25) is 0 Å². The number of phenols is 2. The lowest BCUT2D eigenvalue weighted by atomic mass is 10.1. The number of Topliss-reactive ketones (excluding diaryl/α,β-unsaturated/α-hetero) is 1. The molecule has 0 fully saturated rings. The molecule has 1 aromatic carbocycles. The summed E-state index contributed by atoms with van der Waals surface area (Å²) in [6.45, 7) is 1.60. The third-order valence-corrected chi connectivity index (χ3v) is 2.00. The summed E-state index contributed by atoms with van der Waals surface area (Å²) in [5.41, 5.74) is -0.332. The van der Waals surface area contributed by atoms with E-state index < -0.39 is 17.5 Å². The minimum absolute atomic E-state index is 0.00269. The lowest BCUT2D eigenvalue weighted by Gasteiger charge is -2.07. The van der Waals surface area contributed by atoms with E-state index in [2.05, 4.69) is 4.74 Å². The van der Waals surface area contributed by atoms with E-state index in [9.17, 15) is 19.8 Å². The number of benzene rings is 1. The molecular weight excluding hydrogens is 228 g/mol. The molecule has 0 aliphatic heterocycles. The maximum absolute atomic E-state index is 11.5. The SMILES string of the molecule is CCOC(=O)C(=O)c1cc(O)c(OC)cc1O. The summed E-state index contributed by atoms with van der Waals surface area (Å²) in [5, 5.41) is 19.0. The first-order valence-electron chi connectivity index (χ1n) is 4.82. The molecule has 2 N–H and O–H groups in total. The fourth-order valence-electron chi connectivity index (χ4n) is 1.21. The number of hydrogen-bond acceptors (Lipinski definition) is 6. The zero-order chi connectivity index (χ0) is 13.0. The van der Waals surface area contributed by atoms with Crippen molar-refractivity contribution < 1.29 is 29.3 Å². The van der Waals surface area contributed by atoms with Gasteiger partial charge in [0.15, 0.2) is 11.5 Å². The van der Waals surface area contributed by atoms with Gasteiger partial charge in [-0.25, -0.2) is 4.79 Å². The predicted molar refractivity (Wildman–Crippen MR) is 57.3 cm³/mol. The highest BCUT2D eigenvalue weighted by Gasteiger charge is 2.23. The van der Waals surface area contributed by atoms with E-state index in [1.807, 2.05) is 0 Å². The second-order valence-electron chi connectivity index (χ2n) is 3.09. The second-order valence-corrected chi connectivity index (χ2v) is 3.09. The first-order valence-corrected chi connectivity index (χ1v) is 4.82. The van der Waals surface area contributed by atoms with Crippen LogP contribution in [0.15, 0.2) is 12.1 Å². The van der Waals surface area contributed by atoms with Crippen LogP contribution in [0.3, 0.4) is 0 Å². The normalized spacial score (nSPS) is 9.76. The Morgan fingerprint density at radius 1 is 1.24 bits per heavy atom. The van der Waals surface area contributed by atoms with E-state index in [4.69, 9.17) is 4.74 Å². The Hall–Kier alpha value is -2.24. The third kappa shape index (κ3) is 2.66. The van der Waals surface area contributed by atoms with Crippen molar-refractivity contribution >= 4 is 11.8 Å². The molecule has 0 heterocycles. The van der Waals surface area contributed by atoms with Crippen LogP contribution in [0, 0.1) is 0 Å². The van der Waals surface area contributed by atoms with E-state index in [1.165, 1.54) is 7.11 Å². The van der Waals surface area contributed by atoms with Gasteiger partial charge in [-0.1, -0.05) is 0 Å². The van der Waals surface area contributed by atoms with E-state index >= 15 is 0 Å². The highest BCUT2D eigenvalue weighted by Crippen LogP contribution is 2.33. The number of hydrogen-bond donors (Lipinski definition) is 2. The van der Waals surface area contributed by atoms with Crippen molar-refractivity contribution in [2.24, 2.45) is 0 Å². The van der Waals surface area contributed by atoms with Crippen LogP contribution < -0.4 is 4.74 Å². The summed E-state index contributed by atoms with van der Waals surface area (Å²) in [7, 11) is 1.29. The van der Waals surface area contributed by atoms with Crippen LogP contribution in [-0.2, 0) is 9.53 Å². The molecular formula is C11H12O6. The molecule has 0 radical (unpaired) electrons. The molecule has 1 rings (SSSR count). The number of ketones is 1. The molecule has 0 saturated carbocycles. The van der Waals surface area contributed by atoms with Gasteiger partial charge in [-0.05, 0) is 13.0 Å². The topological polar surface area (TPSA) is 93.1 Å². The fourth-order valence-corrected chi connectivity index (χ4v) is 1.21. The van der Waals surface area contributed by atoms with Gasteiger partial charge in [-0.15, -0.1) is 0 Å². The molecule has 0 aromatic heterocycles. The molecule has 0 saturated heterocycles. The summed E-state index contributed by atoms with van der Waals surface area (Å²) in [5.74, 6) is -2.92. The average molecular weight is 240 g/mol. The van der Waals surface area contributed by atoms with Crippen LogP contribution in [0.25, 0.3) is 0 Å². The molecule has 0 unspecified atom stereocenters.